The van der Waals surface area contributed by atoms with E-state index in [0.29, 0.717) is 0 Å². The van der Waals surface area contributed by atoms with Crippen molar-refractivity contribution in [1.29, 1.82) is 0 Å². The van der Waals surface area contributed by atoms with E-state index >= 15 is 0 Å². The second-order valence-corrected chi connectivity index (χ2v) is 6.84. The molecule has 22 heavy (non-hydrogen) atoms. The van der Waals surface area contributed by atoms with Gasteiger partial charge >= 0.3 is 0 Å². The lowest BCUT2D eigenvalue weighted by Gasteiger charge is -2.22. The Hall–Kier alpha value is -1.07. The van der Waals surface area contributed by atoms with Crippen molar-refractivity contribution >= 4 is 41.3 Å². The molecule has 1 amide bonds. The summed E-state index contributed by atoms with van der Waals surface area (Å²) in [7, 11) is 0. The van der Waals surface area contributed by atoms with Crippen molar-refractivity contribution in [2.75, 3.05) is 0 Å². The lowest BCUT2D eigenvalue weighted by molar-refractivity contribution is -0.125. The van der Waals surface area contributed by atoms with E-state index in [0.717, 1.165) is 14.8 Å². The van der Waals surface area contributed by atoms with Gasteiger partial charge < -0.3 is 11.1 Å². The van der Waals surface area contributed by atoms with Gasteiger partial charge in [-0.2, -0.15) is 0 Å². The van der Waals surface area contributed by atoms with Gasteiger partial charge in [0.1, 0.15) is 0 Å². The summed E-state index contributed by atoms with van der Waals surface area (Å²) in [5.74, 6) is -0.353. The molecule has 0 aliphatic heterocycles. The zero-order chi connectivity index (χ0) is 15.4. The number of thiophene rings is 1. The fourth-order valence-corrected chi connectivity index (χ4v) is 3.17. The van der Waals surface area contributed by atoms with Crippen molar-refractivity contribution in [3.05, 3.63) is 57.2 Å². The van der Waals surface area contributed by atoms with Crippen LogP contribution in [0.1, 0.15) is 36.4 Å². The van der Waals surface area contributed by atoms with Crippen molar-refractivity contribution < 1.29 is 4.79 Å². The number of carbonyl (C=O) groups excluding carboxylic acids is 1. The average molecular weight is 359 g/mol. The van der Waals surface area contributed by atoms with Gasteiger partial charge in [0.05, 0.1) is 16.3 Å². The number of amides is 1. The van der Waals surface area contributed by atoms with Crippen LogP contribution >= 0.6 is 35.3 Å². The van der Waals surface area contributed by atoms with E-state index in [1.54, 1.807) is 0 Å². The van der Waals surface area contributed by atoms with Crippen LogP contribution in [-0.2, 0) is 4.79 Å². The van der Waals surface area contributed by atoms with Crippen LogP contribution in [0.25, 0.3) is 0 Å². The number of carbonyl (C=O) groups is 1. The van der Waals surface area contributed by atoms with Crippen LogP contribution in [0.5, 0.6) is 0 Å². The molecule has 6 heteroatoms. The summed E-state index contributed by atoms with van der Waals surface area (Å²) in [6.45, 7) is 3.79. The second kappa shape index (κ2) is 8.53. The molecule has 0 fully saturated rings. The van der Waals surface area contributed by atoms with Crippen LogP contribution in [0.2, 0.25) is 4.34 Å². The van der Waals surface area contributed by atoms with E-state index in [9.17, 15) is 4.79 Å². The van der Waals surface area contributed by atoms with Crippen LogP contribution < -0.4 is 11.1 Å². The number of hydrogen-bond acceptors (Lipinski definition) is 3. The quantitative estimate of drug-likeness (QED) is 0.835. The Kier molecular flexibility index (Phi) is 7.36. The molecule has 2 rings (SSSR count). The van der Waals surface area contributed by atoms with Crippen LogP contribution in [0.4, 0.5) is 0 Å². The predicted octanol–water partition coefficient (Wildman–Crippen LogP) is 4.34. The van der Waals surface area contributed by atoms with Crippen LogP contribution in [0.15, 0.2) is 42.5 Å². The predicted molar refractivity (Wildman–Crippen MR) is 95.7 cm³/mol. The van der Waals surface area contributed by atoms with E-state index in [2.05, 4.69) is 5.32 Å². The third-order valence-corrected chi connectivity index (χ3v) is 4.93. The number of nitrogens with one attached hydrogen (secondary N) is 1. The molecule has 0 saturated carbocycles. The van der Waals surface area contributed by atoms with E-state index < -0.39 is 0 Å². The van der Waals surface area contributed by atoms with E-state index in [1.165, 1.54) is 11.3 Å². The minimum Gasteiger partial charge on any atom is -0.348 e. The van der Waals surface area contributed by atoms with Gasteiger partial charge in [-0.3, -0.25) is 4.79 Å². The molecule has 3 nitrogen and oxygen atoms in total. The lowest BCUT2D eigenvalue weighted by atomic mass is 9.94. The van der Waals surface area contributed by atoms with Gasteiger partial charge in [-0.1, -0.05) is 48.9 Å². The van der Waals surface area contributed by atoms with Gasteiger partial charge in [-0.25, -0.2) is 0 Å². The topological polar surface area (TPSA) is 55.1 Å². The van der Waals surface area contributed by atoms with E-state index in [4.69, 9.17) is 17.3 Å². The summed E-state index contributed by atoms with van der Waals surface area (Å²) in [6.07, 6.45) is 0. The minimum absolute atomic E-state index is 0. The van der Waals surface area contributed by atoms with Crippen molar-refractivity contribution in [1.82, 2.24) is 5.32 Å². The smallest absolute Gasteiger partial charge is 0.225 e. The van der Waals surface area contributed by atoms with Crippen molar-refractivity contribution in [3.8, 4) is 0 Å². The molecule has 120 valence electrons. The first-order chi connectivity index (χ1) is 9.99. The Balaban J connectivity index is 0.00000242. The summed E-state index contributed by atoms with van der Waals surface area (Å²) < 4.78 is 0.722. The van der Waals surface area contributed by atoms with Crippen LogP contribution in [0.3, 0.4) is 0 Å². The zero-order valence-electron chi connectivity index (χ0n) is 12.5. The molecule has 1 aromatic carbocycles. The summed E-state index contributed by atoms with van der Waals surface area (Å²) in [5, 5.41) is 2.99. The molecular weight excluding hydrogens is 339 g/mol. The third kappa shape index (κ3) is 4.71. The Labute approximate surface area is 146 Å². The highest BCUT2D eigenvalue weighted by Crippen LogP contribution is 2.27. The van der Waals surface area contributed by atoms with Gasteiger partial charge in [0, 0.05) is 10.9 Å². The Morgan fingerprint density at radius 1 is 1.18 bits per heavy atom. The summed E-state index contributed by atoms with van der Waals surface area (Å²) >= 11 is 7.39. The fraction of sp³-hybridized carbons (Fsp3) is 0.312. The molecule has 0 saturated heterocycles. The maximum absolute atomic E-state index is 12.3. The normalized spacial score (nSPS) is 14.5. The highest BCUT2D eigenvalue weighted by atomic mass is 35.5. The van der Waals surface area contributed by atoms with Gasteiger partial charge in [0.2, 0.25) is 5.91 Å². The zero-order valence-corrected chi connectivity index (χ0v) is 14.8. The van der Waals surface area contributed by atoms with Gasteiger partial charge in [0.25, 0.3) is 0 Å². The molecule has 0 radical (unpaired) electrons. The fourth-order valence-electron chi connectivity index (χ4n) is 2.10. The average Bonchev–Trinajstić information content (AvgIpc) is 2.93. The molecule has 2 aromatic rings. The third-order valence-electron chi connectivity index (χ3n) is 3.52. The monoisotopic (exact) mass is 358 g/mol. The first-order valence-electron chi connectivity index (χ1n) is 6.85. The number of hydrogen-bond donors (Lipinski definition) is 2. The summed E-state index contributed by atoms with van der Waals surface area (Å²) in [6, 6.07) is 13.1. The molecule has 0 aliphatic rings. The Morgan fingerprint density at radius 2 is 1.82 bits per heavy atom. The number of benzene rings is 1. The largest absolute Gasteiger partial charge is 0.348 e. The second-order valence-electron chi connectivity index (χ2n) is 5.10. The Bertz CT molecular complexity index is 603. The van der Waals surface area contributed by atoms with Gasteiger partial charge in [0.15, 0.2) is 0 Å². The minimum atomic E-state index is -0.315. The van der Waals surface area contributed by atoms with Crippen LogP contribution in [0, 0.1) is 5.92 Å². The van der Waals surface area contributed by atoms with E-state index in [-0.39, 0.29) is 36.3 Å². The maximum Gasteiger partial charge on any atom is 0.225 e. The first kappa shape index (κ1) is 19.0. The maximum atomic E-state index is 12.3. The summed E-state index contributed by atoms with van der Waals surface area (Å²) in [5.41, 5.74) is 7.14. The number of halogens is 2. The van der Waals surface area contributed by atoms with Crippen molar-refractivity contribution in [2.45, 2.75) is 25.9 Å². The molecule has 0 spiro atoms. The lowest BCUT2D eigenvalue weighted by Crippen LogP contribution is -2.36. The standard InChI is InChI=1S/C16H19ClN2OS.ClH/c1-10(15(18)12-6-4-3-5-7-12)16(20)19-11(2)13-8-9-14(17)21-13;/h3-11,15H,18H2,1-2H3,(H,19,20);1H. The highest BCUT2D eigenvalue weighted by Gasteiger charge is 2.23. The molecule has 3 N–H and O–H groups in total. The number of nitrogens with two attached hydrogens (primary N) is 1. The molecule has 1 heterocycles. The molecule has 3 atom stereocenters. The SMILES string of the molecule is CC(NC(=O)C(C)C(N)c1ccccc1)c1ccc(Cl)s1.Cl. The first-order valence-corrected chi connectivity index (χ1v) is 8.04. The van der Waals surface area contributed by atoms with E-state index in [1.807, 2.05) is 56.3 Å². The van der Waals surface area contributed by atoms with Crippen LogP contribution in [-0.4, -0.2) is 5.91 Å². The van der Waals surface area contributed by atoms with Gasteiger partial charge in [-0.15, -0.1) is 23.7 Å². The van der Waals surface area contributed by atoms with Crippen molar-refractivity contribution in [3.63, 3.8) is 0 Å². The molecule has 0 bridgehead atoms. The van der Waals surface area contributed by atoms with Crippen molar-refractivity contribution in [2.24, 2.45) is 11.7 Å². The molecule has 3 unspecified atom stereocenters. The number of rotatable bonds is 5. The molecular formula is C16H20Cl2N2OS. The summed E-state index contributed by atoms with van der Waals surface area (Å²) in [4.78, 5) is 13.4. The Morgan fingerprint density at radius 3 is 2.36 bits per heavy atom. The highest BCUT2D eigenvalue weighted by molar-refractivity contribution is 7.16. The van der Waals surface area contributed by atoms with Gasteiger partial charge in [-0.05, 0) is 24.6 Å². The molecule has 0 aliphatic carbocycles. The molecule has 1 aromatic heterocycles.